The molecule has 1 aliphatic carbocycles. The number of anilines is 4. The van der Waals surface area contributed by atoms with Crippen LogP contribution < -0.4 is 10.6 Å². The van der Waals surface area contributed by atoms with Gasteiger partial charge in [-0.05, 0) is 83.4 Å². The van der Waals surface area contributed by atoms with Crippen molar-refractivity contribution in [2.75, 3.05) is 23.7 Å². The van der Waals surface area contributed by atoms with Crippen LogP contribution in [0.4, 0.5) is 23.3 Å². The number of aromatic nitrogens is 5. The molecule has 6 rings (SSSR count). The Bertz CT molecular complexity index is 1470. The van der Waals surface area contributed by atoms with Gasteiger partial charge in [0.2, 0.25) is 5.95 Å². The van der Waals surface area contributed by atoms with Crippen LogP contribution in [0, 0.1) is 20.8 Å². The fourth-order valence-corrected chi connectivity index (χ4v) is 6.36. The highest BCUT2D eigenvalue weighted by Crippen LogP contribution is 2.36. The largest absolute Gasteiger partial charge is 0.384 e. The van der Waals surface area contributed by atoms with E-state index < -0.39 is 5.60 Å². The Morgan fingerprint density at radius 2 is 1.74 bits per heavy atom. The molecule has 0 unspecified atom stereocenters. The molecule has 4 aromatic rings. The highest BCUT2D eigenvalue weighted by molar-refractivity contribution is 7.17. The Hall–Kier alpha value is -3.08. The van der Waals surface area contributed by atoms with Gasteiger partial charge in [0.25, 0.3) is 0 Å². The second-order valence-electron chi connectivity index (χ2n) is 11.2. The molecule has 1 saturated carbocycles. The van der Waals surface area contributed by atoms with Crippen molar-refractivity contribution in [1.82, 2.24) is 29.6 Å². The fraction of sp³-hybridized carbons (Fsp3) is 0.500. The summed E-state index contributed by atoms with van der Waals surface area (Å²) in [6, 6.07) is 6.84. The van der Waals surface area contributed by atoms with E-state index >= 15 is 0 Å². The zero-order valence-electron chi connectivity index (χ0n) is 22.7. The minimum Gasteiger partial charge on any atom is -0.384 e. The molecule has 3 N–H and O–H groups in total. The van der Waals surface area contributed by atoms with Gasteiger partial charge < -0.3 is 20.6 Å². The van der Waals surface area contributed by atoms with E-state index in [1.165, 1.54) is 12.8 Å². The van der Waals surface area contributed by atoms with Gasteiger partial charge in [0.05, 0.1) is 34.2 Å². The Morgan fingerprint density at radius 3 is 2.45 bits per heavy atom. The lowest BCUT2D eigenvalue weighted by atomic mass is 10.0. The number of piperidine rings is 1. The number of pyridine rings is 1. The molecule has 1 aliphatic heterocycles. The minimum absolute atomic E-state index is 0.425. The second kappa shape index (κ2) is 9.59. The first-order valence-electron chi connectivity index (χ1n) is 13.5. The average molecular weight is 533 g/mol. The monoisotopic (exact) mass is 532 g/mol. The molecule has 200 valence electrons. The lowest BCUT2D eigenvalue weighted by molar-refractivity contribution is 0.0740. The molecule has 38 heavy (non-hydrogen) atoms. The number of fused-ring (bicyclic) bond motifs is 1. The van der Waals surface area contributed by atoms with Crippen molar-refractivity contribution in [3.63, 3.8) is 0 Å². The van der Waals surface area contributed by atoms with Gasteiger partial charge in [-0.25, -0.2) is 9.97 Å². The van der Waals surface area contributed by atoms with E-state index in [9.17, 15) is 5.11 Å². The summed E-state index contributed by atoms with van der Waals surface area (Å²) in [5.41, 5.74) is 3.70. The lowest BCUT2D eigenvalue weighted by Crippen LogP contribution is -2.36. The molecule has 0 aromatic carbocycles. The molecule has 0 bridgehead atoms. The first kappa shape index (κ1) is 25.2. The van der Waals surface area contributed by atoms with Gasteiger partial charge in [0.1, 0.15) is 22.1 Å². The van der Waals surface area contributed by atoms with Gasteiger partial charge in [-0.15, -0.1) is 11.3 Å². The third-order valence-electron chi connectivity index (χ3n) is 7.71. The summed E-state index contributed by atoms with van der Waals surface area (Å²) in [6.07, 6.45) is 5.01. The smallest absolute Gasteiger partial charge is 0.230 e. The van der Waals surface area contributed by atoms with Crippen molar-refractivity contribution >= 4 is 44.8 Å². The lowest BCUT2D eigenvalue weighted by Gasteiger charge is -2.32. The number of nitrogens with zero attached hydrogens (tertiary/aromatic N) is 6. The van der Waals surface area contributed by atoms with E-state index in [0.717, 1.165) is 64.8 Å². The van der Waals surface area contributed by atoms with E-state index in [1.54, 1.807) is 25.2 Å². The zero-order valence-corrected chi connectivity index (χ0v) is 23.6. The standard InChI is InChI=1S/C28H36N8OS/c1-16-15-38-26-23(16)25(30-22-8-6-7-21(29-22)28(4,5)37)32-27(33-26)31-24-17(2)34-36(18(24)3)20-11-13-35(14-12-20)19-9-10-19/h6-8,15,19-20,37H,9-14H2,1-5H3,(H2,29,30,31,32,33). The number of nitrogens with one attached hydrogen (secondary N) is 2. The molecule has 0 spiro atoms. The first-order valence-corrected chi connectivity index (χ1v) is 14.3. The highest BCUT2D eigenvalue weighted by Gasteiger charge is 2.33. The van der Waals surface area contributed by atoms with Crippen LogP contribution in [0.3, 0.4) is 0 Å². The molecule has 10 heteroatoms. The van der Waals surface area contributed by atoms with E-state index in [1.807, 2.05) is 25.1 Å². The van der Waals surface area contributed by atoms with E-state index in [2.05, 4.69) is 44.4 Å². The molecule has 0 atom stereocenters. The van der Waals surface area contributed by atoms with Gasteiger partial charge in [0.15, 0.2) is 0 Å². The number of hydrogen-bond donors (Lipinski definition) is 3. The summed E-state index contributed by atoms with van der Waals surface area (Å²) in [4.78, 5) is 17.9. The number of hydrogen-bond acceptors (Lipinski definition) is 9. The van der Waals surface area contributed by atoms with E-state index in [-0.39, 0.29) is 0 Å². The third kappa shape index (κ3) is 4.88. The molecule has 0 radical (unpaired) electrons. The average Bonchev–Trinajstić information content (AvgIpc) is 3.62. The third-order valence-corrected chi connectivity index (χ3v) is 8.70. The van der Waals surface area contributed by atoms with Crippen LogP contribution in [0.25, 0.3) is 10.2 Å². The van der Waals surface area contributed by atoms with Crippen LogP contribution in [0.2, 0.25) is 0 Å². The van der Waals surface area contributed by atoms with Gasteiger partial charge in [-0.1, -0.05) is 6.07 Å². The first-order chi connectivity index (χ1) is 18.2. The normalized spacial score (nSPS) is 17.3. The summed E-state index contributed by atoms with van der Waals surface area (Å²) >= 11 is 1.60. The molecular weight excluding hydrogens is 496 g/mol. The van der Waals surface area contributed by atoms with Gasteiger partial charge in [-0.2, -0.15) is 10.1 Å². The Kier molecular flexibility index (Phi) is 6.36. The summed E-state index contributed by atoms with van der Waals surface area (Å²) in [5.74, 6) is 1.83. The van der Waals surface area contributed by atoms with Crippen molar-refractivity contribution < 1.29 is 5.11 Å². The molecule has 2 aliphatic rings. The maximum atomic E-state index is 10.4. The SMILES string of the molecule is Cc1nn(C2CCN(C3CC3)CC2)c(C)c1Nc1nc(Nc2cccc(C(C)(C)O)n2)c2c(C)csc2n1. The van der Waals surface area contributed by atoms with Crippen LogP contribution in [-0.2, 0) is 5.60 Å². The molecule has 0 amide bonds. The van der Waals surface area contributed by atoms with Crippen LogP contribution in [0.1, 0.15) is 68.2 Å². The van der Waals surface area contributed by atoms with Crippen LogP contribution in [0.5, 0.6) is 0 Å². The van der Waals surface area contributed by atoms with Crippen LogP contribution in [0.15, 0.2) is 23.6 Å². The van der Waals surface area contributed by atoms with Crippen molar-refractivity contribution in [3.8, 4) is 0 Å². The molecule has 1 saturated heterocycles. The topological polar surface area (TPSA) is 104 Å². The quantitative estimate of drug-likeness (QED) is 0.278. The maximum absolute atomic E-state index is 10.4. The van der Waals surface area contributed by atoms with Crippen molar-refractivity contribution in [3.05, 3.63) is 46.2 Å². The number of aliphatic hydroxyl groups is 1. The zero-order chi connectivity index (χ0) is 26.6. The summed E-state index contributed by atoms with van der Waals surface area (Å²) < 4.78 is 2.21. The summed E-state index contributed by atoms with van der Waals surface area (Å²) in [7, 11) is 0. The van der Waals surface area contributed by atoms with Gasteiger partial charge in [0, 0.05) is 19.1 Å². The predicted octanol–water partition coefficient (Wildman–Crippen LogP) is 5.72. The van der Waals surface area contributed by atoms with E-state index in [4.69, 9.17) is 15.1 Å². The number of likely N-dealkylation sites (tertiary alicyclic amines) is 1. The Balaban J connectivity index is 1.28. The molecule has 4 aromatic heterocycles. The number of aryl methyl sites for hydroxylation is 2. The molecule has 9 nitrogen and oxygen atoms in total. The molecular formula is C28H36N8OS. The maximum Gasteiger partial charge on any atom is 0.230 e. The van der Waals surface area contributed by atoms with Crippen LogP contribution >= 0.6 is 11.3 Å². The highest BCUT2D eigenvalue weighted by atomic mass is 32.1. The second-order valence-corrected chi connectivity index (χ2v) is 12.1. The van der Waals surface area contributed by atoms with Crippen molar-refractivity contribution in [1.29, 1.82) is 0 Å². The van der Waals surface area contributed by atoms with Gasteiger partial charge >= 0.3 is 0 Å². The van der Waals surface area contributed by atoms with E-state index in [0.29, 0.717) is 29.3 Å². The number of thiophene rings is 1. The van der Waals surface area contributed by atoms with Gasteiger partial charge in [-0.3, -0.25) is 4.68 Å². The Labute approximate surface area is 227 Å². The minimum atomic E-state index is -1.03. The fourth-order valence-electron chi connectivity index (χ4n) is 5.44. The van der Waals surface area contributed by atoms with Crippen molar-refractivity contribution in [2.45, 2.75) is 78.0 Å². The van der Waals surface area contributed by atoms with Crippen molar-refractivity contribution in [2.24, 2.45) is 0 Å². The molecule has 2 fully saturated rings. The van der Waals surface area contributed by atoms with Crippen LogP contribution in [-0.4, -0.2) is 53.9 Å². The Morgan fingerprint density at radius 1 is 0.974 bits per heavy atom. The number of rotatable bonds is 7. The summed E-state index contributed by atoms with van der Waals surface area (Å²) in [6.45, 7) is 12.0. The summed E-state index contributed by atoms with van der Waals surface area (Å²) in [5, 5.41) is 25.3. The predicted molar refractivity (Wildman–Crippen MR) is 153 cm³/mol. The molecule has 5 heterocycles.